The molecule has 0 amide bonds. The zero-order valence-electron chi connectivity index (χ0n) is 10.7. The number of anilines is 1. The number of halogens is 3. The number of rotatable bonds is 5. The Morgan fingerprint density at radius 2 is 2.00 bits per heavy atom. The summed E-state index contributed by atoms with van der Waals surface area (Å²) in [5.41, 5.74) is 7.37. The molecule has 0 aliphatic carbocycles. The second-order valence-corrected chi connectivity index (χ2v) is 4.55. The molecule has 1 aromatic rings. The van der Waals surface area contributed by atoms with Crippen LogP contribution < -0.4 is 5.73 Å². The Morgan fingerprint density at radius 1 is 1.33 bits per heavy atom. The number of hydrogen-bond acceptors (Lipinski definition) is 2. The lowest BCUT2D eigenvalue weighted by atomic mass is 10.1. The lowest BCUT2D eigenvalue weighted by Gasteiger charge is -2.25. The minimum Gasteiger partial charge on any atom is -0.399 e. The third-order valence-corrected chi connectivity index (χ3v) is 3.03. The van der Waals surface area contributed by atoms with E-state index in [0.717, 1.165) is 5.56 Å². The van der Waals surface area contributed by atoms with Gasteiger partial charge in [0.25, 0.3) is 0 Å². The van der Waals surface area contributed by atoms with Crippen LogP contribution in [0.4, 0.5) is 18.9 Å². The fourth-order valence-electron chi connectivity index (χ4n) is 1.80. The normalized spacial score (nSPS) is 13.9. The maximum Gasteiger partial charge on any atom is 0.389 e. The molecule has 0 bridgehead atoms. The summed E-state index contributed by atoms with van der Waals surface area (Å²) in [7, 11) is 1.82. The van der Waals surface area contributed by atoms with Crippen molar-refractivity contribution in [1.82, 2.24) is 4.90 Å². The van der Waals surface area contributed by atoms with Crippen LogP contribution >= 0.6 is 0 Å². The molecule has 18 heavy (non-hydrogen) atoms. The van der Waals surface area contributed by atoms with Gasteiger partial charge in [0.1, 0.15) is 0 Å². The van der Waals surface area contributed by atoms with Crippen LogP contribution in [-0.2, 0) is 0 Å². The quantitative estimate of drug-likeness (QED) is 0.819. The smallest absolute Gasteiger partial charge is 0.389 e. The molecule has 2 N–H and O–H groups in total. The Morgan fingerprint density at radius 3 is 2.56 bits per heavy atom. The Kier molecular flexibility index (Phi) is 5.02. The maximum atomic E-state index is 12.0. The summed E-state index contributed by atoms with van der Waals surface area (Å²) >= 11 is 0. The van der Waals surface area contributed by atoms with Crippen molar-refractivity contribution in [3.63, 3.8) is 0 Å². The first kappa shape index (κ1) is 14.8. The summed E-state index contributed by atoms with van der Waals surface area (Å²) in [5.74, 6) is 0. The largest absolute Gasteiger partial charge is 0.399 e. The molecule has 0 heterocycles. The molecule has 1 atom stereocenters. The monoisotopic (exact) mass is 260 g/mol. The van der Waals surface area contributed by atoms with Crippen LogP contribution in [0.25, 0.3) is 0 Å². The second kappa shape index (κ2) is 6.09. The Balaban J connectivity index is 2.49. The fourth-order valence-corrected chi connectivity index (χ4v) is 1.80. The van der Waals surface area contributed by atoms with Gasteiger partial charge in [-0.05, 0) is 44.6 Å². The number of nitrogens with zero attached hydrogens (tertiary/aromatic N) is 1. The molecule has 1 rings (SSSR count). The topological polar surface area (TPSA) is 29.3 Å². The molecule has 0 saturated carbocycles. The van der Waals surface area contributed by atoms with Gasteiger partial charge < -0.3 is 5.73 Å². The first-order valence-electron chi connectivity index (χ1n) is 5.92. The lowest BCUT2D eigenvalue weighted by molar-refractivity contribution is -0.136. The third-order valence-electron chi connectivity index (χ3n) is 3.03. The van der Waals surface area contributed by atoms with Gasteiger partial charge in [0.05, 0.1) is 0 Å². The van der Waals surface area contributed by atoms with E-state index in [1.165, 1.54) is 0 Å². The number of hydrogen-bond donors (Lipinski definition) is 1. The summed E-state index contributed by atoms with van der Waals surface area (Å²) in [6.45, 7) is 2.37. The summed E-state index contributed by atoms with van der Waals surface area (Å²) in [6, 6.07) is 7.48. The maximum absolute atomic E-state index is 12.0. The molecule has 0 aliphatic heterocycles. The van der Waals surface area contributed by atoms with Crippen LogP contribution in [0.2, 0.25) is 0 Å². The number of nitrogen functional groups attached to an aromatic ring is 1. The van der Waals surface area contributed by atoms with E-state index >= 15 is 0 Å². The third kappa shape index (κ3) is 4.96. The van der Waals surface area contributed by atoms with E-state index in [1.54, 1.807) is 6.07 Å². The lowest BCUT2D eigenvalue weighted by Crippen LogP contribution is -2.24. The minimum atomic E-state index is -4.07. The van der Waals surface area contributed by atoms with E-state index in [0.29, 0.717) is 12.2 Å². The standard InChI is InChI=1S/C13H19F3N2/c1-10(11-5-3-6-12(17)9-11)18(2)8-4-7-13(14,15)16/h3,5-6,9-10H,4,7-8,17H2,1-2H3. The van der Waals surface area contributed by atoms with Gasteiger partial charge in [-0.1, -0.05) is 12.1 Å². The van der Waals surface area contributed by atoms with Gasteiger partial charge in [0.15, 0.2) is 0 Å². The molecule has 102 valence electrons. The molecular weight excluding hydrogens is 241 g/mol. The Hall–Kier alpha value is -1.23. The number of nitrogens with two attached hydrogens (primary N) is 1. The van der Waals surface area contributed by atoms with Gasteiger partial charge in [-0.25, -0.2) is 0 Å². The summed E-state index contributed by atoms with van der Waals surface area (Å²) in [4.78, 5) is 1.90. The van der Waals surface area contributed by atoms with Gasteiger partial charge in [-0.3, -0.25) is 4.90 Å². The van der Waals surface area contributed by atoms with Crippen molar-refractivity contribution >= 4 is 5.69 Å². The Labute approximate surface area is 106 Å². The molecule has 0 saturated heterocycles. The number of benzene rings is 1. The van der Waals surface area contributed by atoms with Gasteiger partial charge in [-0.2, -0.15) is 13.2 Å². The molecule has 1 aromatic carbocycles. The van der Waals surface area contributed by atoms with Crippen LogP contribution in [-0.4, -0.2) is 24.7 Å². The van der Waals surface area contributed by atoms with Crippen molar-refractivity contribution in [3.05, 3.63) is 29.8 Å². The van der Waals surface area contributed by atoms with E-state index in [4.69, 9.17) is 5.73 Å². The molecular formula is C13H19F3N2. The van der Waals surface area contributed by atoms with E-state index in [2.05, 4.69) is 0 Å². The molecule has 0 spiro atoms. The van der Waals surface area contributed by atoms with Crippen molar-refractivity contribution in [2.75, 3.05) is 19.3 Å². The SMILES string of the molecule is CC(c1cccc(N)c1)N(C)CCCC(F)(F)F. The molecule has 2 nitrogen and oxygen atoms in total. The molecule has 0 fully saturated rings. The van der Waals surface area contributed by atoms with Crippen molar-refractivity contribution in [3.8, 4) is 0 Å². The van der Waals surface area contributed by atoms with E-state index < -0.39 is 12.6 Å². The first-order chi connectivity index (χ1) is 8.29. The van der Waals surface area contributed by atoms with Gasteiger partial charge >= 0.3 is 6.18 Å². The van der Waals surface area contributed by atoms with Crippen molar-refractivity contribution < 1.29 is 13.2 Å². The van der Waals surface area contributed by atoms with Crippen LogP contribution in [0.3, 0.4) is 0 Å². The molecule has 0 aliphatic rings. The summed E-state index contributed by atoms with van der Waals surface area (Å²) in [6.07, 6.45) is -4.69. The predicted octanol–water partition coefficient (Wildman–Crippen LogP) is 3.60. The number of alkyl halides is 3. The average Bonchev–Trinajstić information content (AvgIpc) is 2.26. The van der Waals surface area contributed by atoms with Crippen LogP contribution in [0, 0.1) is 0 Å². The molecule has 0 aromatic heterocycles. The van der Waals surface area contributed by atoms with Crippen LogP contribution in [0.15, 0.2) is 24.3 Å². The fraction of sp³-hybridized carbons (Fsp3) is 0.538. The van der Waals surface area contributed by atoms with Crippen molar-refractivity contribution in [2.24, 2.45) is 0 Å². The highest BCUT2D eigenvalue weighted by Gasteiger charge is 2.26. The highest BCUT2D eigenvalue weighted by molar-refractivity contribution is 5.41. The van der Waals surface area contributed by atoms with E-state index in [1.807, 2.05) is 37.1 Å². The molecule has 5 heteroatoms. The van der Waals surface area contributed by atoms with Crippen LogP contribution in [0.5, 0.6) is 0 Å². The van der Waals surface area contributed by atoms with Gasteiger partial charge in [-0.15, -0.1) is 0 Å². The minimum absolute atomic E-state index is 0.0572. The van der Waals surface area contributed by atoms with E-state index in [-0.39, 0.29) is 12.5 Å². The predicted molar refractivity (Wildman–Crippen MR) is 67.2 cm³/mol. The van der Waals surface area contributed by atoms with Crippen LogP contribution in [0.1, 0.15) is 31.4 Å². The highest BCUT2D eigenvalue weighted by Crippen LogP contribution is 2.24. The summed E-state index contributed by atoms with van der Waals surface area (Å²) in [5, 5.41) is 0. The zero-order valence-corrected chi connectivity index (χ0v) is 10.7. The van der Waals surface area contributed by atoms with Gasteiger partial charge in [0.2, 0.25) is 0 Å². The first-order valence-corrected chi connectivity index (χ1v) is 5.92. The van der Waals surface area contributed by atoms with E-state index in [9.17, 15) is 13.2 Å². The average molecular weight is 260 g/mol. The highest BCUT2D eigenvalue weighted by atomic mass is 19.4. The Bertz CT molecular complexity index is 377. The molecule has 1 unspecified atom stereocenters. The zero-order chi connectivity index (χ0) is 13.8. The molecule has 0 radical (unpaired) electrons. The van der Waals surface area contributed by atoms with Crippen molar-refractivity contribution in [1.29, 1.82) is 0 Å². The second-order valence-electron chi connectivity index (χ2n) is 4.55. The van der Waals surface area contributed by atoms with Gasteiger partial charge in [0, 0.05) is 18.2 Å². The van der Waals surface area contributed by atoms with Crippen molar-refractivity contribution in [2.45, 2.75) is 32.0 Å². The summed E-state index contributed by atoms with van der Waals surface area (Å²) < 4.78 is 36.1.